The molecule has 0 bridgehead atoms. The summed E-state index contributed by atoms with van der Waals surface area (Å²) in [7, 11) is 0. The van der Waals surface area contributed by atoms with Crippen molar-refractivity contribution >= 4 is 29.7 Å². The second kappa shape index (κ2) is 7.54. The van der Waals surface area contributed by atoms with Crippen LogP contribution in [0.4, 0.5) is 4.79 Å². The number of benzene rings is 1. The lowest BCUT2D eigenvalue weighted by atomic mass is 10.2. The van der Waals surface area contributed by atoms with Gasteiger partial charge in [-0.05, 0) is 38.1 Å². The van der Waals surface area contributed by atoms with E-state index in [-0.39, 0.29) is 5.56 Å². The highest BCUT2D eigenvalue weighted by Gasteiger charge is 2.16. The number of rotatable bonds is 5. The summed E-state index contributed by atoms with van der Waals surface area (Å²) in [5.41, 5.74) is 0.189. The van der Waals surface area contributed by atoms with Gasteiger partial charge in [0.15, 0.2) is 0 Å². The SMILES string of the molecule is CCNC(=O)NC(=O)C(C)Sc1ccc(C(=O)O)cc1. The van der Waals surface area contributed by atoms with Crippen LogP contribution in [-0.4, -0.2) is 34.8 Å². The van der Waals surface area contributed by atoms with Gasteiger partial charge >= 0.3 is 12.0 Å². The molecule has 1 aromatic carbocycles. The number of hydrogen-bond donors (Lipinski definition) is 3. The van der Waals surface area contributed by atoms with Gasteiger partial charge in [-0.2, -0.15) is 0 Å². The van der Waals surface area contributed by atoms with Crippen LogP contribution in [0.3, 0.4) is 0 Å². The number of amides is 3. The van der Waals surface area contributed by atoms with Gasteiger partial charge in [0.25, 0.3) is 0 Å². The maximum absolute atomic E-state index is 11.7. The number of thioether (sulfide) groups is 1. The number of carboxylic acids is 1. The minimum atomic E-state index is -0.997. The van der Waals surface area contributed by atoms with Crippen molar-refractivity contribution in [1.82, 2.24) is 10.6 Å². The summed E-state index contributed by atoms with van der Waals surface area (Å²) in [5, 5.41) is 13.0. The number of nitrogens with one attached hydrogen (secondary N) is 2. The van der Waals surface area contributed by atoms with Crippen LogP contribution in [0.5, 0.6) is 0 Å². The molecule has 108 valence electrons. The Balaban J connectivity index is 2.56. The van der Waals surface area contributed by atoms with Crippen LogP contribution >= 0.6 is 11.8 Å². The maximum atomic E-state index is 11.7. The highest BCUT2D eigenvalue weighted by molar-refractivity contribution is 8.00. The van der Waals surface area contributed by atoms with Crippen LogP contribution in [0.1, 0.15) is 24.2 Å². The van der Waals surface area contributed by atoms with Gasteiger partial charge in [-0.1, -0.05) is 0 Å². The molecule has 0 aliphatic carbocycles. The lowest BCUT2D eigenvalue weighted by Gasteiger charge is -2.11. The molecule has 0 fully saturated rings. The largest absolute Gasteiger partial charge is 0.478 e. The molecule has 6 nitrogen and oxygen atoms in total. The van der Waals surface area contributed by atoms with Gasteiger partial charge in [0.05, 0.1) is 10.8 Å². The van der Waals surface area contributed by atoms with Gasteiger partial charge in [0.1, 0.15) is 0 Å². The highest BCUT2D eigenvalue weighted by atomic mass is 32.2. The van der Waals surface area contributed by atoms with Crippen molar-refractivity contribution in [3.8, 4) is 0 Å². The van der Waals surface area contributed by atoms with E-state index in [1.807, 2.05) is 0 Å². The van der Waals surface area contributed by atoms with E-state index < -0.39 is 23.2 Å². The summed E-state index contributed by atoms with van der Waals surface area (Å²) in [4.78, 5) is 34.4. The average Bonchev–Trinajstić information content (AvgIpc) is 2.39. The molecule has 0 spiro atoms. The predicted molar refractivity (Wildman–Crippen MR) is 75.9 cm³/mol. The fraction of sp³-hybridized carbons (Fsp3) is 0.308. The first-order valence-electron chi connectivity index (χ1n) is 6.02. The second-order valence-electron chi connectivity index (χ2n) is 3.94. The molecule has 0 radical (unpaired) electrons. The first kappa shape index (κ1) is 16.0. The Morgan fingerprint density at radius 3 is 2.35 bits per heavy atom. The Morgan fingerprint density at radius 1 is 1.25 bits per heavy atom. The van der Waals surface area contributed by atoms with Crippen LogP contribution in [0.15, 0.2) is 29.2 Å². The van der Waals surface area contributed by atoms with E-state index in [0.29, 0.717) is 6.54 Å². The summed E-state index contributed by atoms with van der Waals surface area (Å²) in [6, 6.07) is 5.68. The first-order chi connectivity index (χ1) is 9.43. The third-order valence-electron chi connectivity index (χ3n) is 2.36. The first-order valence-corrected chi connectivity index (χ1v) is 6.90. The number of imide groups is 1. The number of aromatic carboxylic acids is 1. The zero-order valence-corrected chi connectivity index (χ0v) is 12.0. The van der Waals surface area contributed by atoms with E-state index in [1.165, 1.54) is 23.9 Å². The summed E-state index contributed by atoms with van der Waals surface area (Å²) in [6.07, 6.45) is 0. The third kappa shape index (κ3) is 4.93. The van der Waals surface area contributed by atoms with Crippen molar-refractivity contribution < 1.29 is 19.5 Å². The van der Waals surface area contributed by atoms with Crippen molar-refractivity contribution in [2.45, 2.75) is 24.0 Å². The van der Waals surface area contributed by atoms with Gasteiger partial charge < -0.3 is 10.4 Å². The Labute approximate surface area is 120 Å². The molecule has 0 aromatic heterocycles. The van der Waals surface area contributed by atoms with Crippen LogP contribution in [0.25, 0.3) is 0 Å². The smallest absolute Gasteiger partial charge is 0.335 e. The number of hydrogen-bond acceptors (Lipinski definition) is 4. The monoisotopic (exact) mass is 296 g/mol. The fourth-order valence-corrected chi connectivity index (χ4v) is 2.22. The molecule has 1 aromatic rings. The summed E-state index contributed by atoms with van der Waals surface area (Å²) >= 11 is 1.25. The lowest BCUT2D eigenvalue weighted by molar-refractivity contribution is -0.119. The molecule has 1 unspecified atom stereocenters. The van der Waals surface area contributed by atoms with Gasteiger partial charge in [0.2, 0.25) is 5.91 Å². The highest BCUT2D eigenvalue weighted by Crippen LogP contribution is 2.23. The molecule has 0 aliphatic rings. The van der Waals surface area contributed by atoms with Crippen LogP contribution in [0, 0.1) is 0 Å². The Kier molecular flexibility index (Phi) is 6.05. The Bertz CT molecular complexity index is 502. The average molecular weight is 296 g/mol. The zero-order valence-electron chi connectivity index (χ0n) is 11.2. The molecule has 1 atom stereocenters. The predicted octanol–water partition coefficient (Wildman–Crippen LogP) is 1.71. The molecule has 3 N–H and O–H groups in total. The van der Waals surface area contributed by atoms with Gasteiger partial charge in [0, 0.05) is 11.4 Å². The number of carbonyl (C=O) groups excluding carboxylic acids is 2. The van der Waals surface area contributed by atoms with E-state index >= 15 is 0 Å². The van der Waals surface area contributed by atoms with Crippen molar-refractivity contribution in [2.75, 3.05) is 6.54 Å². The lowest BCUT2D eigenvalue weighted by Crippen LogP contribution is -2.42. The molecule has 0 heterocycles. The van der Waals surface area contributed by atoms with Crippen LogP contribution in [-0.2, 0) is 4.79 Å². The quantitative estimate of drug-likeness (QED) is 0.719. The number of carboxylic acid groups (broad SMARTS) is 1. The molecular weight excluding hydrogens is 280 g/mol. The number of carbonyl (C=O) groups is 3. The Hall–Kier alpha value is -2.02. The molecule has 20 heavy (non-hydrogen) atoms. The van der Waals surface area contributed by atoms with Crippen molar-refractivity contribution in [2.24, 2.45) is 0 Å². The van der Waals surface area contributed by atoms with Crippen LogP contribution < -0.4 is 10.6 Å². The van der Waals surface area contributed by atoms with E-state index in [1.54, 1.807) is 26.0 Å². The molecule has 0 saturated carbocycles. The Morgan fingerprint density at radius 2 is 1.85 bits per heavy atom. The topological polar surface area (TPSA) is 95.5 Å². The second-order valence-corrected chi connectivity index (χ2v) is 5.35. The molecule has 0 saturated heterocycles. The fourth-order valence-electron chi connectivity index (χ4n) is 1.35. The summed E-state index contributed by atoms with van der Waals surface area (Å²) in [5.74, 6) is -1.40. The molecular formula is C13H16N2O4S. The van der Waals surface area contributed by atoms with E-state index in [2.05, 4.69) is 10.6 Å². The van der Waals surface area contributed by atoms with E-state index in [9.17, 15) is 14.4 Å². The third-order valence-corrected chi connectivity index (χ3v) is 3.47. The minimum absolute atomic E-state index is 0.189. The zero-order chi connectivity index (χ0) is 15.1. The normalized spacial score (nSPS) is 11.5. The van der Waals surface area contributed by atoms with Crippen molar-refractivity contribution in [1.29, 1.82) is 0 Å². The molecule has 7 heteroatoms. The van der Waals surface area contributed by atoms with Gasteiger partial charge in [-0.25, -0.2) is 9.59 Å². The van der Waals surface area contributed by atoms with E-state index in [0.717, 1.165) is 4.90 Å². The van der Waals surface area contributed by atoms with Crippen molar-refractivity contribution in [3.05, 3.63) is 29.8 Å². The number of urea groups is 1. The van der Waals surface area contributed by atoms with Crippen molar-refractivity contribution in [3.63, 3.8) is 0 Å². The molecule has 1 rings (SSSR count). The molecule has 0 aliphatic heterocycles. The minimum Gasteiger partial charge on any atom is -0.478 e. The van der Waals surface area contributed by atoms with Gasteiger partial charge in [-0.3, -0.25) is 10.1 Å². The molecule has 3 amide bonds. The summed E-state index contributed by atoms with van der Waals surface area (Å²) < 4.78 is 0. The standard InChI is InChI=1S/C13H16N2O4S/c1-3-14-13(19)15-11(16)8(2)20-10-6-4-9(5-7-10)12(17)18/h4-8H,3H2,1-2H3,(H,17,18)(H2,14,15,16,19). The van der Waals surface area contributed by atoms with Gasteiger partial charge in [-0.15, -0.1) is 11.8 Å². The van der Waals surface area contributed by atoms with Crippen LogP contribution in [0.2, 0.25) is 0 Å². The maximum Gasteiger partial charge on any atom is 0.335 e. The van der Waals surface area contributed by atoms with E-state index in [4.69, 9.17) is 5.11 Å². The summed E-state index contributed by atoms with van der Waals surface area (Å²) in [6.45, 7) is 3.87.